The first kappa shape index (κ1) is 24.4. The van der Waals surface area contributed by atoms with Crippen molar-refractivity contribution in [2.24, 2.45) is 5.41 Å². The van der Waals surface area contributed by atoms with Crippen LogP contribution in [0.2, 0.25) is 0 Å². The van der Waals surface area contributed by atoms with Crippen molar-refractivity contribution >= 4 is 15.8 Å². The number of rotatable bonds is 6. The molecule has 1 aromatic rings. The van der Waals surface area contributed by atoms with Crippen molar-refractivity contribution < 1.29 is 31.1 Å². The lowest BCUT2D eigenvalue weighted by Gasteiger charge is -2.30. The van der Waals surface area contributed by atoms with Gasteiger partial charge < -0.3 is 4.74 Å². The van der Waals surface area contributed by atoms with Gasteiger partial charge in [-0.05, 0) is 43.9 Å². The summed E-state index contributed by atoms with van der Waals surface area (Å²) in [7, 11) is -5.43. The predicted molar refractivity (Wildman–Crippen MR) is 100 cm³/mol. The zero-order chi connectivity index (χ0) is 22.0. The minimum atomic E-state index is -5.43. The Morgan fingerprint density at radius 2 is 1.64 bits per heavy atom. The Morgan fingerprint density at radius 3 is 2.11 bits per heavy atom. The van der Waals surface area contributed by atoms with E-state index in [4.69, 9.17) is 4.74 Å². The van der Waals surface area contributed by atoms with Gasteiger partial charge >= 0.3 is 11.5 Å². The first-order chi connectivity index (χ1) is 12.4. The topological polar surface area (TPSA) is 63.7 Å². The van der Waals surface area contributed by atoms with Crippen LogP contribution in [0, 0.1) is 5.41 Å². The van der Waals surface area contributed by atoms with E-state index in [1.807, 2.05) is 20.8 Å². The van der Waals surface area contributed by atoms with Gasteiger partial charge in [-0.3, -0.25) is 9.69 Å². The molecule has 5 nitrogen and oxygen atoms in total. The second kappa shape index (κ2) is 8.41. The fourth-order valence-electron chi connectivity index (χ4n) is 2.60. The van der Waals surface area contributed by atoms with E-state index < -0.39 is 31.8 Å². The van der Waals surface area contributed by atoms with Gasteiger partial charge in [-0.15, -0.1) is 0 Å². The van der Waals surface area contributed by atoms with Crippen LogP contribution in [0.15, 0.2) is 29.2 Å². The number of esters is 1. The first-order valence-corrected chi connectivity index (χ1v) is 10.2. The van der Waals surface area contributed by atoms with Crippen molar-refractivity contribution in [2.75, 3.05) is 13.1 Å². The molecule has 0 radical (unpaired) electrons. The van der Waals surface area contributed by atoms with Gasteiger partial charge in [-0.1, -0.05) is 32.9 Å². The number of halogens is 3. The molecule has 9 heteroatoms. The Morgan fingerprint density at radius 1 is 1.07 bits per heavy atom. The number of nitrogens with zero attached hydrogens (tertiary/aromatic N) is 1. The third-order valence-electron chi connectivity index (χ3n) is 3.39. The number of ether oxygens (including phenoxy) is 1. The molecule has 0 saturated carbocycles. The molecule has 0 bridgehead atoms. The minimum absolute atomic E-state index is 0.0647. The molecule has 0 atom stereocenters. The van der Waals surface area contributed by atoms with Crippen molar-refractivity contribution in [1.29, 1.82) is 0 Å². The van der Waals surface area contributed by atoms with Gasteiger partial charge in [0.25, 0.3) is 9.84 Å². The molecule has 0 aliphatic rings. The molecule has 0 saturated heterocycles. The first-order valence-electron chi connectivity index (χ1n) is 8.75. The lowest BCUT2D eigenvalue weighted by molar-refractivity contribution is -0.156. The summed E-state index contributed by atoms with van der Waals surface area (Å²) in [6, 6.07) is 4.69. The largest absolute Gasteiger partial charge is 0.501 e. The summed E-state index contributed by atoms with van der Waals surface area (Å²) in [6.07, 6.45) is 0. The number of benzene rings is 1. The van der Waals surface area contributed by atoms with Crippen LogP contribution < -0.4 is 0 Å². The predicted octanol–water partition coefficient (Wildman–Crippen LogP) is 4.17. The molecular weight excluding hydrogens is 395 g/mol. The van der Waals surface area contributed by atoms with E-state index in [0.717, 1.165) is 12.1 Å². The third-order valence-corrected chi connectivity index (χ3v) is 4.87. The highest BCUT2D eigenvalue weighted by molar-refractivity contribution is 7.92. The molecule has 0 aliphatic carbocycles. The van der Waals surface area contributed by atoms with Gasteiger partial charge in [0.1, 0.15) is 5.60 Å². The third kappa shape index (κ3) is 7.79. The van der Waals surface area contributed by atoms with Crippen LogP contribution in [0.4, 0.5) is 13.2 Å². The summed E-state index contributed by atoms with van der Waals surface area (Å²) < 4.78 is 67.0. The van der Waals surface area contributed by atoms with Gasteiger partial charge in [0.2, 0.25) is 0 Å². The molecule has 0 heterocycles. The Labute approximate surface area is 164 Å². The highest BCUT2D eigenvalue weighted by Gasteiger charge is 2.46. The van der Waals surface area contributed by atoms with Crippen LogP contribution in [0.3, 0.4) is 0 Å². The number of sulfone groups is 1. The lowest BCUT2D eigenvalue weighted by Crippen LogP contribution is -2.39. The Kier molecular flexibility index (Phi) is 7.33. The fourth-order valence-corrected chi connectivity index (χ4v) is 3.43. The van der Waals surface area contributed by atoms with Crippen LogP contribution in [0.25, 0.3) is 0 Å². The van der Waals surface area contributed by atoms with Gasteiger partial charge in [0, 0.05) is 13.1 Å². The Hall–Kier alpha value is -1.61. The average Bonchev–Trinajstić information content (AvgIpc) is 2.42. The highest BCUT2D eigenvalue weighted by atomic mass is 32.2. The molecule has 0 fully saturated rings. The zero-order valence-corrected chi connectivity index (χ0v) is 17.9. The van der Waals surface area contributed by atoms with E-state index in [-0.39, 0.29) is 18.5 Å². The van der Waals surface area contributed by atoms with Crippen LogP contribution in [0.5, 0.6) is 0 Å². The van der Waals surface area contributed by atoms with E-state index in [0.29, 0.717) is 12.1 Å². The molecule has 160 valence electrons. The number of hydrogen-bond acceptors (Lipinski definition) is 5. The molecule has 0 aromatic heterocycles. The summed E-state index contributed by atoms with van der Waals surface area (Å²) >= 11 is 0. The standard InChI is InChI=1S/C19H28F3NO4S/c1-17(2,3)13-23(12-16(24)27-18(4,5)6)11-14-8-7-9-15(10-14)28(25,26)19(20,21)22/h7-10H,11-13H2,1-6H3. The van der Waals surface area contributed by atoms with E-state index in [2.05, 4.69) is 0 Å². The van der Waals surface area contributed by atoms with Crippen LogP contribution in [-0.2, 0) is 25.9 Å². The van der Waals surface area contributed by atoms with E-state index >= 15 is 0 Å². The number of alkyl halides is 3. The summed E-state index contributed by atoms with van der Waals surface area (Å²) in [6.45, 7) is 11.6. The highest BCUT2D eigenvalue weighted by Crippen LogP contribution is 2.30. The van der Waals surface area contributed by atoms with Crippen molar-refractivity contribution in [2.45, 2.75) is 64.1 Å². The van der Waals surface area contributed by atoms with Gasteiger partial charge in [-0.2, -0.15) is 13.2 Å². The molecule has 0 amide bonds. The Balaban J connectivity index is 3.09. The van der Waals surface area contributed by atoms with Crippen LogP contribution in [-0.4, -0.2) is 43.5 Å². The minimum Gasteiger partial charge on any atom is -0.459 e. The monoisotopic (exact) mass is 423 g/mol. The van der Waals surface area contributed by atoms with Crippen LogP contribution in [0.1, 0.15) is 47.1 Å². The van der Waals surface area contributed by atoms with Gasteiger partial charge in [-0.25, -0.2) is 8.42 Å². The lowest BCUT2D eigenvalue weighted by atomic mass is 9.96. The van der Waals surface area contributed by atoms with Gasteiger partial charge in [0.15, 0.2) is 0 Å². The molecule has 1 rings (SSSR count). The quantitative estimate of drug-likeness (QED) is 0.643. The zero-order valence-electron chi connectivity index (χ0n) is 17.1. The maximum Gasteiger partial charge on any atom is 0.501 e. The smallest absolute Gasteiger partial charge is 0.459 e. The summed E-state index contributed by atoms with van der Waals surface area (Å²) in [5, 5.41) is 0. The SMILES string of the molecule is CC(C)(C)CN(CC(=O)OC(C)(C)C)Cc1cccc(S(=O)(=O)C(F)(F)F)c1. The molecule has 0 N–H and O–H groups in total. The normalized spacial score (nSPS) is 13.6. The molecule has 0 unspecified atom stereocenters. The molecule has 28 heavy (non-hydrogen) atoms. The second-order valence-corrected chi connectivity index (χ2v) is 10.8. The Bertz CT molecular complexity index is 791. The van der Waals surface area contributed by atoms with Crippen molar-refractivity contribution in [3.8, 4) is 0 Å². The summed E-state index contributed by atoms with van der Waals surface area (Å²) in [5.74, 6) is -0.462. The van der Waals surface area contributed by atoms with Crippen molar-refractivity contribution in [3.63, 3.8) is 0 Å². The van der Waals surface area contributed by atoms with E-state index in [1.165, 1.54) is 12.1 Å². The number of carbonyl (C=O) groups is 1. The fraction of sp³-hybridized carbons (Fsp3) is 0.632. The van der Waals surface area contributed by atoms with Gasteiger partial charge in [0.05, 0.1) is 11.4 Å². The summed E-state index contributed by atoms with van der Waals surface area (Å²) in [4.78, 5) is 13.1. The van der Waals surface area contributed by atoms with Crippen molar-refractivity contribution in [1.82, 2.24) is 4.90 Å². The molecular formula is C19H28F3NO4S. The molecule has 1 aromatic carbocycles. The molecule has 0 spiro atoms. The average molecular weight is 423 g/mol. The second-order valence-electron chi connectivity index (χ2n) is 8.89. The van der Waals surface area contributed by atoms with E-state index in [1.54, 1.807) is 25.7 Å². The summed E-state index contributed by atoms with van der Waals surface area (Å²) in [5.41, 5.74) is -5.87. The molecule has 0 aliphatic heterocycles. The van der Waals surface area contributed by atoms with Crippen LogP contribution >= 0.6 is 0 Å². The van der Waals surface area contributed by atoms with E-state index in [9.17, 15) is 26.4 Å². The maximum atomic E-state index is 12.8. The maximum absolute atomic E-state index is 12.8. The number of carbonyl (C=O) groups excluding carboxylic acids is 1. The van der Waals surface area contributed by atoms with Crippen molar-refractivity contribution in [3.05, 3.63) is 29.8 Å². The number of hydrogen-bond donors (Lipinski definition) is 0.